The molecule has 0 radical (unpaired) electrons. The fraction of sp³-hybridized carbons (Fsp3) is 0.167. The van der Waals surface area contributed by atoms with Crippen molar-refractivity contribution in [3.63, 3.8) is 0 Å². The van der Waals surface area contributed by atoms with E-state index in [2.05, 4.69) is 10.4 Å². The topological polar surface area (TPSA) is 78.2 Å². The molecule has 0 saturated carbocycles. The molecule has 3 aromatic rings. The van der Waals surface area contributed by atoms with E-state index in [9.17, 15) is 14.0 Å². The Hall–Kier alpha value is -3.42. The highest BCUT2D eigenvalue weighted by atomic mass is 19.1. The van der Waals surface area contributed by atoms with E-state index < -0.39 is 5.82 Å². The molecule has 0 aliphatic heterocycles. The lowest BCUT2D eigenvalue weighted by molar-refractivity contribution is 0.0950. The molecule has 0 bridgehead atoms. The number of methoxy groups -OCH3 is 1. The number of carbonyl (C=O) groups excluding carboxylic acids is 1. The van der Waals surface area contributed by atoms with E-state index in [0.717, 1.165) is 0 Å². The lowest BCUT2D eigenvalue weighted by atomic mass is 10.2. The second-order valence-electron chi connectivity index (χ2n) is 5.68. The minimum Gasteiger partial charge on any atom is -0.497 e. The first-order valence-electron chi connectivity index (χ1n) is 7.79. The van der Waals surface area contributed by atoms with Crippen LogP contribution in [0.25, 0.3) is 5.69 Å². The normalized spacial score (nSPS) is 10.6. The zero-order chi connectivity index (χ0) is 18.7. The molecule has 2 aromatic heterocycles. The molecule has 0 spiro atoms. The van der Waals surface area contributed by atoms with E-state index in [4.69, 9.17) is 4.74 Å². The summed E-state index contributed by atoms with van der Waals surface area (Å²) in [6.07, 6.45) is 4.64. The predicted molar refractivity (Wildman–Crippen MR) is 92.9 cm³/mol. The average molecular weight is 356 g/mol. The Bertz CT molecular complexity index is 1010. The van der Waals surface area contributed by atoms with Gasteiger partial charge in [-0.15, -0.1) is 0 Å². The van der Waals surface area contributed by atoms with Crippen molar-refractivity contribution in [3.05, 3.63) is 76.2 Å². The van der Waals surface area contributed by atoms with Crippen LogP contribution in [0, 0.1) is 5.82 Å². The van der Waals surface area contributed by atoms with E-state index in [0.29, 0.717) is 22.6 Å². The highest BCUT2D eigenvalue weighted by Crippen LogP contribution is 2.16. The molecule has 1 aromatic carbocycles. The van der Waals surface area contributed by atoms with Gasteiger partial charge in [0.15, 0.2) is 0 Å². The predicted octanol–water partition coefficient (Wildman–Crippen LogP) is 1.65. The van der Waals surface area contributed by atoms with Gasteiger partial charge < -0.3 is 10.1 Å². The van der Waals surface area contributed by atoms with E-state index in [1.807, 2.05) is 0 Å². The number of rotatable bonds is 5. The number of pyridine rings is 1. The second kappa shape index (κ2) is 7.22. The van der Waals surface area contributed by atoms with Gasteiger partial charge in [0.25, 0.3) is 11.5 Å². The van der Waals surface area contributed by atoms with Crippen LogP contribution >= 0.6 is 0 Å². The zero-order valence-electron chi connectivity index (χ0n) is 14.3. The van der Waals surface area contributed by atoms with Gasteiger partial charge in [-0.1, -0.05) is 0 Å². The Morgan fingerprint density at radius 2 is 2.08 bits per heavy atom. The van der Waals surface area contributed by atoms with Gasteiger partial charge in [-0.05, 0) is 23.8 Å². The molecule has 26 heavy (non-hydrogen) atoms. The highest BCUT2D eigenvalue weighted by molar-refractivity contribution is 5.93. The molecule has 0 aliphatic carbocycles. The summed E-state index contributed by atoms with van der Waals surface area (Å²) in [6.45, 7) is 0.124. The van der Waals surface area contributed by atoms with Gasteiger partial charge in [0.2, 0.25) is 0 Å². The molecule has 134 valence electrons. The number of ether oxygens (including phenoxy) is 1. The van der Waals surface area contributed by atoms with Crippen LogP contribution in [-0.4, -0.2) is 27.4 Å². The Morgan fingerprint density at radius 3 is 2.77 bits per heavy atom. The minimum atomic E-state index is -0.446. The average Bonchev–Trinajstić information content (AvgIpc) is 3.05. The van der Waals surface area contributed by atoms with Crippen molar-refractivity contribution >= 4 is 5.91 Å². The third-order valence-electron chi connectivity index (χ3n) is 3.76. The smallest absolute Gasteiger partial charge is 0.255 e. The summed E-state index contributed by atoms with van der Waals surface area (Å²) in [5, 5.41) is 6.72. The number of halogens is 1. The van der Waals surface area contributed by atoms with Crippen LogP contribution in [0.5, 0.6) is 5.75 Å². The Labute approximate surface area is 148 Å². The number of hydrogen-bond donors (Lipinski definition) is 1. The van der Waals surface area contributed by atoms with Crippen LogP contribution in [0.2, 0.25) is 0 Å². The molecule has 3 rings (SSSR count). The third-order valence-corrected chi connectivity index (χ3v) is 3.76. The lowest BCUT2D eigenvalue weighted by Crippen LogP contribution is -2.25. The van der Waals surface area contributed by atoms with Crippen molar-refractivity contribution in [3.8, 4) is 11.4 Å². The number of hydrogen-bond acceptors (Lipinski definition) is 4. The number of amides is 1. The first-order valence-corrected chi connectivity index (χ1v) is 7.79. The molecule has 0 fully saturated rings. The van der Waals surface area contributed by atoms with Gasteiger partial charge in [-0.3, -0.25) is 18.8 Å². The first-order chi connectivity index (χ1) is 12.5. The lowest BCUT2D eigenvalue weighted by Gasteiger charge is -2.09. The first kappa shape index (κ1) is 17.4. The van der Waals surface area contributed by atoms with Crippen molar-refractivity contribution in [1.29, 1.82) is 0 Å². The summed E-state index contributed by atoms with van der Waals surface area (Å²) in [6, 6.07) is 6.97. The molecule has 0 unspecified atom stereocenters. The number of aryl methyl sites for hydroxylation is 1. The van der Waals surface area contributed by atoms with E-state index >= 15 is 0 Å². The Morgan fingerprint density at radius 1 is 1.27 bits per heavy atom. The van der Waals surface area contributed by atoms with Crippen LogP contribution in [0.3, 0.4) is 0 Å². The molecular weight excluding hydrogens is 339 g/mol. The number of nitrogens with zero attached hydrogens (tertiary/aromatic N) is 3. The summed E-state index contributed by atoms with van der Waals surface area (Å²) in [7, 11) is 3.18. The van der Waals surface area contributed by atoms with Crippen LogP contribution in [0.15, 0.2) is 53.7 Å². The molecule has 2 heterocycles. The SMILES string of the molecule is COc1cc(F)cc(CNC(=O)c2ccc(=O)n(-c3cnn(C)c3)c2)c1. The van der Waals surface area contributed by atoms with E-state index in [1.54, 1.807) is 24.0 Å². The van der Waals surface area contributed by atoms with Gasteiger partial charge in [0.1, 0.15) is 11.6 Å². The standard InChI is InChI=1S/C18H17FN4O3/c1-22-11-15(9-21-22)23-10-13(3-4-17(23)24)18(25)20-8-12-5-14(19)7-16(6-12)26-2/h3-7,9-11H,8H2,1-2H3,(H,20,25). The quantitative estimate of drug-likeness (QED) is 0.754. The Balaban J connectivity index is 1.78. The second-order valence-corrected chi connectivity index (χ2v) is 5.68. The molecule has 0 aliphatic rings. The molecule has 7 nitrogen and oxygen atoms in total. The molecule has 1 amide bonds. The summed E-state index contributed by atoms with van der Waals surface area (Å²) in [5.41, 5.74) is 1.15. The summed E-state index contributed by atoms with van der Waals surface area (Å²) in [5.74, 6) is -0.455. The van der Waals surface area contributed by atoms with Gasteiger partial charge in [-0.25, -0.2) is 4.39 Å². The van der Waals surface area contributed by atoms with Crippen LogP contribution in [-0.2, 0) is 13.6 Å². The monoisotopic (exact) mass is 356 g/mol. The van der Waals surface area contributed by atoms with Gasteiger partial charge in [-0.2, -0.15) is 5.10 Å². The maximum absolute atomic E-state index is 13.5. The summed E-state index contributed by atoms with van der Waals surface area (Å²) < 4.78 is 21.4. The van der Waals surface area contributed by atoms with Crippen molar-refractivity contribution in [2.75, 3.05) is 7.11 Å². The van der Waals surface area contributed by atoms with Crippen LogP contribution in [0.1, 0.15) is 15.9 Å². The molecular formula is C18H17FN4O3. The van der Waals surface area contributed by atoms with Crippen molar-refractivity contribution in [2.24, 2.45) is 7.05 Å². The summed E-state index contributed by atoms with van der Waals surface area (Å²) >= 11 is 0. The van der Waals surface area contributed by atoms with Crippen molar-refractivity contribution in [1.82, 2.24) is 19.7 Å². The zero-order valence-corrected chi connectivity index (χ0v) is 14.3. The number of aromatic nitrogens is 3. The van der Waals surface area contributed by atoms with Crippen LogP contribution in [0.4, 0.5) is 4.39 Å². The fourth-order valence-corrected chi connectivity index (χ4v) is 2.48. The third kappa shape index (κ3) is 3.80. The molecule has 0 atom stereocenters. The van der Waals surface area contributed by atoms with Gasteiger partial charge >= 0.3 is 0 Å². The van der Waals surface area contributed by atoms with Gasteiger partial charge in [0, 0.05) is 38.1 Å². The fourth-order valence-electron chi connectivity index (χ4n) is 2.48. The van der Waals surface area contributed by atoms with Gasteiger partial charge in [0.05, 0.1) is 24.6 Å². The van der Waals surface area contributed by atoms with E-state index in [1.165, 1.54) is 48.3 Å². The maximum atomic E-state index is 13.5. The number of benzene rings is 1. The highest BCUT2D eigenvalue weighted by Gasteiger charge is 2.10. The van der Waals surface area contributed by atoms with Crippen LogP contribution < -0.4 is 15.6 Å². The van der Waals surface area contributed by atoms with Crippen molar-refractivity contribution in [2.45, 2.75) is 6.54 Å². The molecule has 1 N–H and O–H groups in total. The largest absolute Gasteiger partial charge is 0.497 e. The number of nitrogens with one attached hydrogen (secondary N) is 1. The molecule has 8 heteroatoms. The summed E-state index contributed by atoms with van der Waals surface area (Å²) in [4.78, 5) is 24.4. The van der Waals surface area contributed by atoms with Crippen molar-refractivity contribution < 1.29 is 13.9 Å². The maximum Gasteiger partial charge on any atom is 0.255 e. The minimum absolute atomic E-state index is 0.124. The van der Waals surface area contributed by atoms with E-state index in [-0.39, 0.29) is 18.0 Å². The molecule has 0 saturated heterocycles. The number of carbonyl (C=O) groups is 1. The Kier molecular flexibility index (Phi) is 4.83.